The summed E-state index contributed by atoms with van der Waals surface area (Å²) in [5.41, 5.74) is 1.77. The van der Waals surface area contributed by atoms with Crippen LogP contribution in [-0.4, -0.2) is 47.9 Å². The van der Waals surface area contributed by atoms with E-state index in [-0.39, 0.29) is 17.9 Å². The van der Waals surface area contributed by atoms with Crippen LogP contribution in [0.2, 0.25) is 5.02 Å². The topological polar surface area (TPSA) is 65.5 Å². The minimum atomic E-state index is -0.627. The maximum atomic E-state index is 13.2. The van der Waals surface area contributed by atoms with E-state index >= 15 is 0 Å². The highest BCUT2D eigenvalue weighted by Crippen LogP contribution is 2.30. The molecular formula is C20H21ClN4O2. The van der Waals surface area contributed by atoms with Crippen molar-refractivity contribution in [3.05, 3.63) is 59.4 Å². The summed E-state index contributed by atoms with van der Waals surface area (Å²) in [6.45, 7) is 2.52. The largest absolute Gasteiger partial charge is 0.332 e. The smallest absolute Gasteiger partial charge is 0.239 e. The van der Waals surface area contributed by atoms with Gasteiger partial charge in [-0.15, -0.1) is 0 Å². The minimum Gasteiger partial charge on any atom is -0.332 e. The molecule has 2 atom stereocenters. The van der Waals surface area contributed by atoms with E-state index in [4.69, 9.17) is 11.6 Å². The molecule has 0 spiro atoms. The molecule has 1 N–H and O–H groups in total. The molecule has 2 unspecified atom stereocenters. The van der Waals surface area contributed by atoms with Crippen LogP contribution in [0.1, 0.15) is 18.0 Å². The number of hydrogen-bond donors (Lipinski definition) is 1. The molecule has 4 rings (SSSR count). The number of rotatable bonds is 3. The molecule has 140 valence electrons. The number of piperazine rings is 1. The van der Waals surface area contributed by atoms with E-state index < -0.39 is 5.92 Å². The van der Waals surface area contributed by atoms with Crippen molar-refractivity contribution in [3.8, 4) is 0 Å². The van der Waals surface area contributed by atoms with Gasteiger partial charge in [0.25, 0.3) is 0 Å². The molecule has 2 saturated heterocycles. The summed E-state index contributed by atoms with van der Waals surface area (Å²) in [6.07, 6.45) is 4.04. The monoisotopic (exact) mass is 384 g/mol. The molecule has 1 aromatic heterocycles. The zero-order chi connectivity index (χ0) is 18.8. The van der Waals surface area contributed by atoms with Crippen LogP contribution in [0.5, 0.6) is 0 Å². The first kappa shape index (κ1) is 17.9. The van der Waals surface area contributed by atoms with E-state index in [1.165, 1.54) is 0 Å². The first-order valence-electron chi connectivity index (χ1n) is 9.13. The third-order valence-electron chi connectivity index (χ3n) is 5.24. The molecular weight excluding hydrogens is 364 g/mol. The molecule has 0 radical (unpaired) electrons. The van der Waals surface area contributed by atoms with Gasteiger partial charge in [0.2, 0.25) is 11.8 Å². The summed E-state index contributed by atoms with van der Waals surface area (Å²) in [4.78, 5) is 33.9. The Morgan fingerprint density at radius 3 is 2.74 bits per heavy atom. The number of carbonyl (C=O) groups is 2. The highest BCUT2D eigenvalue weighted by atomic mass is 35.5. The van der Waals surface area contributed by atoms with Crippen molar-refractivity contribution < 1.29 is 9.59 Å². The van der Waals surface area contributed by atoms with E-state index in [0.717, 1.165) is 17.8 Å². The predicted octanol–water partition coefficient (Wildman–Crippen LogP) is 2.26. The SMILES string of the molecule is O=C1C(C(=O)N2CCNCC2c2cccnc2)CCN1c1ccc(Cl)cc1. The number of hydrogen-bond acceptors (Lipinski definition) is 4. The summed E-state index contributed by atoms with van der Waals surface area (Å²) in [5, 5.41) is 3.95. The molecule has 2 aliphatic heterocycles. The summed E-state index contributed by atoms with van der Waals surface area (Å²) < 4.78 is 0. The Labute approximate surface area is 163 Å². The van der Waals surface area contributed by atoms with Crippen LogP contribution in [0, 0.1) is 5.92 Å². The van der Waals surface area contributed by atoms with Crippen molar-refractivity contribution in [1.82, 2.24) is 15.2 Å². The van der Waals surface area contributed by atoms with Crippen LogP contribution >= 0.6 is 11.6 Å². The maximum Gasteiger partial charge on any atom is 0.239 e. The van der Waals surface area contributed by atoms with Gasteiger partial charge in [-0.05, 0) is 42.3 Å². The van der Waals surface area contributed by atoms with Crippen LogP contribution < -0.4 is 10.2 Å². The molecule has 0 bridgehead atoms. The second kappa shape index (κ2) is 7.66. The number of aromatic nitrogens is 1. The normalized spacial score (nSPS) is 22.9. The fraction of sp³-hybridized carbons (Fsp3) is 0.350. The average molecular weight is 385 g/mol. The standard InChI is InChI=1S/C20H21ClN4O2/c21-15-3-5-16(6-4-15)24-10-7-17(19(24)26)20(27)25-11-9-23-13-18(25)14-2-1-8-22-12-14/h1-6,8,12,17-18,23H,7,9-11,13H2. The highest BCUT2D eigenvalue weighted by molar-refractivity contribution is 6.30. The van der Waals surface area contributed by atoms with Gasteiger partial charge in [0.15, 0.2) is 0 Å². The molecule has 1 aromatic carbocycles. The first-order chi connectivity index (χ1) is 13.1. The molecule has 6 nitrogen and oxygen atoms in total. The number of anilines is 1. The quantitative estimate of drug-likeness (QED) is 0.824. The van der Waals surface area contributed by atoms with Gasteiger partial charge in [0.05, 0.1) is 6.04 Å². The number of nitrogens with one attached hydrogen (secondary N) is 1. The molecule has 2 fully saturated rings. The Morgan fingerprint density at radius 1 is 1.19 bits per heavy atom. The van der Waals surface area contributed by atoms with Crippen molar-refractivity contribution in [2.75, 3.05) is 31.1 Å². The van der Waals surface area contributed by atoms with Gasteiger partial charge in [0.1, 0.15) is 5.92 Å². The number of nitrogens with zero attached hydrogens (tertiary/aromatic N) is 3. The van der Waals surface area contributed by atoms with Crippen molar-refractivity contribution in [2.45, 2.75) is 12.5 Å². The zero-order valence-electron chi connectivity index (χ0n) is 14.8. The second-order valence-corrected chi connectivity index (χ2v) is 7.28. The Hall–Kier alpha value is -2.44. The summed E-state index contributed by atoms with van der Waals surface area (Å²) >= 11 is 5.93. The van der Waals surface area contributed by atoms with E-state index in [0.29, 0.717) is 31.1 Å². The van der Waals surface area contributed by atoms with Crippen molar-refractivity contribution in [2.24, 2.45) is 5.92 Å². The van der Waals surface area contributed by atoms with E-state index in [1.807, 2.05) is 29.2 Å². The third-order valence-corrected chi connectivity index (χ3v) is 5.49. The van der Waals surface area contributed by atoms with Crippen LogP contribution in [0.15, 0.2) is 48.8 Å². The number of pyridine rings is 1. The zero-order valence-corrected chi connectivity index (χ0v) is 15.6. The molecule has 2 amide bonds. The van der Waals surface area contributed by atoms with Gasteiger partial charge in [0, 0.05) is 49.3 Å². The molecule has 2 aliphatic rings. The molecule has 0 saturated carbocycles. The van der Waals surface area contributed by atoms with Crippen LogP contribution in [0.25, 0.3) is 0 Å². The van der Waals surface area contributed by atoms with Crippen molar-refractivity contribution in [3.63, 3.8) is 0 Å². The Morgan fingerprint density at radius 2 is 2.00 bits per heavy atom. The summed E-state index contributed by atoms with van der Waals surface area (Å²) in [7, 11) is 0. The summed E-state index contributed by atoms with van der Waals surface area (Å²) in [5.74, 6) is -0.851. The molecule has 3 heterocycles. The van der Waals surface area contributed by atoms with E-state index in [9.17, 15) is 9.59 Å². The lowest BCUT2D eigenvalue weighted by molar-refractivity contribution is -0.142. The third kappa shape index (κ3) is 3.55. The fourth-order valence-corrected chi connectivity index (χ4v) is 3.95. The maximum absolute atomic E-state index is 13.2. The van der Waals surface area contributed by atoms with E-state index in [1.54, 1.807) is 29.4 Å². The average Bonchev–Trinajstić information content (AvgIpc) is 3.10. The predicted molar refractivity (Wildman–Crippen MR) is 103 cm³/mol. The van der Waals surface area contributed by atoms with Gasteiger partial charge in [-0.1, -0.05) is 17.7 Å². The lowest BCUT2D eigenvalue weighted by Gasteiger charge is -2.37. The Balaban J connectivity index is 1.53. The van der Waals surface area contributed by atoms with E-state index in [2.05, 4.69) is 10.3 Å². The lowest BCUT2D eigenvalue weighted by Crippen LogP contribution is -2.51. The molecule has 0 aliphatic carbocycles. The summed E-state index contributed by atoms with van der Waals surface area (Å²) in [6, 6.07) is 10.9. The lowest BCUT2D eigenvalue weighted by atomic mass is 10.0. The molecule has 27 heavy (non-hydrogen) atoms. The van der Waals surface area contributed by atoms with Crippen LogP contribution in [0.3, 0.4) is 0 Å². The first-order valence-corrected chi connectivity index (χ1v) is 9.51. The fourth-order valence-electron chi connectivity index (χ4n) is 3.83. The van der Waals surface area contributed by atoms with Crippen molar-refractivity contribution in [1.29, 1.82) is 0 Å². The van der Waals surface area contributed by atoms with Crippen LogP contribution in [0.4, 0.5) is 5.69 Å². The number of halogens is 1. The Kier molecular flexibility index (Phi) is 5.09. The van der Waals surface area contributed by atoms with Gasteiger partial charge in [-0.2, -0.15) is 0 Å². The number of carbonyl (C=O) groups excluding carboxylic acids is 2. The van der Waals surface area contributed by atoms with Crippen LogP contribution in [-0.2, 0) is 9.59 Å². The van der Waals surface area contributed by atoms with Gasteiger partial charge >= 0.3 is 0 Å². The highest BCUT2D eigenvalue weighted by Gasteiger charge is 2.42. The molecule has 2 aromatic rings. The van der Waals surface area contributed by atoms with Gasteiger partial charge in [-0.25, -0.2) is 0 Å². The number of amides is 2. The minimum absolute atomic E-state index is 0.0909. The second-order valence-electron chi connectivity index (χ2n) is 6.85. The number of benzene rings is 1. The van der Waals surface area contributed by atoms with Gasteiger partial charge < -0.3 is 15.1 Å². The Bertz CT molecular complexity index is 828. The van der Waals surface area contributed by atoms with Gasteiger partial charge in [-0.3, -0.25) is 14.6 Å². The molecule has 7 heteroatoms. The van der Waals surface area contributed by atoms with Crippen molar-refractivity contribution >= 4 is 29.1 Å².